The maximum absolute atomic E-state index is 5.99. The minimum Gasteiger partial charge on any atom is -0.456 e. The molecule has 100 valence electrons. The molecule has 0 spiro atoms. The Hall–Kier alpha value is -1.76. The predicted octanol–water partition coefficient (Wildman–Crippen LogP) is 5.83. The zero-order chi connectivity index (χ0) is 14.0. The van der Waals surface area contributed by atoms with Gasteiger partial charge in [0.2, 0.25) is 0 Å². The van der Waals surface area contributed by atoms with Crippen molar-refractivity contribution in [2.24, 2.45) is 5.41 Å². The van der Waals surface area contributed by atoms with Gasteiger partial charge in [-0.2, -0.15) is 0 Å². The van der Waals surface area contributed by atoms with Crippen molar-refractivity contribution in [2.45, 2.75) is 34.6 Å². The second-order valence-corrected chi connectivity index (χ2v) is 6.08. The van der Waals surface area contributed by atoms with E-state index in [0.29, 0.717) is 0 Å². The summed E-state index contributed by atoms with van der Waals surface area (Å²) in [6.07, 6.45) is 8.44. The number of furan rings is 1. The zero-order valence-corrected chi connectivity index (χ0v) is 12.4. The largest absolute Gasteiger partial charge is 0.456 e. The van der Waals surface area contributed by atoms with Gasteiger partial charge < -0.3 is 4.42 Å². The predicted molar refractivity (Wildman–Crippen MR) is 84.1 cm³/mol. The molecule has 2 rings (SSSR count). The Morgan fingerprint density at radius 2 is 1.84 bits per heavy atom. The van der Waals surface area contributed by atoms with E-state index in [-0.39, 0.29) is 5.41 Å². The zero-order valence-electron chi connectivity index (χ0n) is 12.4. The fourth-order valence-corrected chi connectivity index (χ4v) is 2.03. The molecule has 0 atom stereocenters. The third-order valence-electron chi connectivity index (χ3n) is 2.98. The lowest BCUT2D eigenvalue weighted by molar-refractivity contribution is 0.543. The molecule has 0 saturated carbocycles. The van der Waals surface area contributed by atoms with Crippen LogP contribution < -0.4 is 0 Å². The lowest BCUT2D eigenvalue weighted by atomic mass is 9.95. The molecule has 0 saturated heterocycles. The highest BCUT2D eigenvalue weighted by molar-refractivity contribution is 5.91. The summed E-state index contributed by atoms with van der Waals surface area (Å²) in [5.74, 6) is 0.939. The molecule has 1 nitrogen and oxygen atoms in total. The van der Waals surface area contributed by atoms with Gasteiger partial charge in [-0.25, -0.2) is 0 Å². The third kappa shape index (κ3) is 3.17. The Morgan fingerprint density at radius 3 is 2.47 bits per heavy atom. The lowest BCUT2D eigenvalue weighted by Gasteiger charge is -2.10. The first-order valence-corrected chi connectivity index (χ1v) is 6.76. The monoisotopic (exact) mass is 254 g/mol. The van der Waals surface area contributed by atoms with Gasteiger partial charge in [-0.3, -0.25) is 0 Å². The molecule has 1 aromatic carbocycles. The van der Waals surface area contributed by atoms with Gasteiger partial charge >= 0.3 is 0 Å². The van der Waals surface area contributed by atoms with Crippen LogP contribution in [0.4, 0.5) is 0 Å². The molecule has 0 unspecified atom stereocenters. The third-order valence-corrected chi connectivity index (χ3v) is 2.98. The van der Waals surface area contributed by atoms with E-state index in [9.17, 15) is 0 Å². The summed E-state index contributed by atoms with van der Waals surface area (Å²) < 4.78 is 5.99. The molecule has 0 radical (unpaired) electrons. The summed E-state index contributed by atoms with van der Waals surface area (Å²) in [4.78, 5) is 0. The maximum atomic E-state index is 5.99. The van der Waals surface area contributed by atoms with Crippen molar-refractivity contribution in [1.82, 2.24) is 0 Å². The van der Waals surface area contributed by atoms with Crippen LogP contribution in [0, 0.1) is 12.3 Å². The summed E-state index contributed by atoms with van der Waals surface area (Å²) in [7, 11) is 0. The number of allylic oxidation sites excluding steroid dienone is 2. The summed E-state index contributed by atoms with van der Waals surface area (Å²) in [5.41, 5.74) is 3.50. The number of rotatable bonds is 2. The Morgan fingerprint density at radius 1 is 1.11 bits per heavy atom. The average Bonchev–Trinajstić information content (AvgIpc) is 2.64. The maximum Gasteiger partial charge on any atom is 0.135 e. The van der Waals surface area contributed by atoms with Crippen molar-refractivity contribution in [3.8, 4) is 0 Å². The number of aryl methyl sites for hydroxylation is 1. The first-order valence-electron chi connectivity index (χ1n) is 6.76. The van der Waals surface area contributed by atoms with Crippen molar-refractivity contribution < 1.29 is 4.42 Å². The van der Waals surface area contributed by atoms with Crippen LogP contribution in [0.15, 0.2) is 34.8 Å². The van der Waals surface area contributed by atoms with Crippen molar-refractivity contribution in [2.75, 3.05) is 0 Å². The van der Waals surface area contributed by atoms with Crippen LogP contribution in [-0.4, -0.2) is 0 Å². The number of fused-ring (bicyclic) bond motifs is 1. The summed E-state index contributed by atoms with van der Waals surface area (Å²) in [6, 6.07) is 6.36. The average molecular weight is 254 g/mol. The molecule has 0 amide bonds. The minimum atomic E-state index is 0.155. The quantitative estimate of drug-likeness (QED) is 0.656. The van der Waals surface area contributed by atoms with Gasteiger partial charge in [0.05, 0.1) is 0 Å². The fourth-order valence-electron chi connectivity index (χ4n) is 2.03. The van der Waals surface area contributed by atoms with E-state index in [1.807, 2.05) is 6.92 Å². The number of hydrogen-bond acceptors (Lipinski definition) is 1. The summed E-state index contributed by atoms with van der Waals surface area (Å²) in [6.45, 7) is 10.7. The molecular formula is C18H22O. The standard InChI is InChI=1S/C18H22O/c1-6-7-14-15-9-8-13(2)12-17(15)19-16(14)10-11-18(3,4)5/h6-12H,1-5H3/b7-6-,11-10+. The van der Waals surface area contributed by atoms with E-state index < -0.39 is 0 Å². The van der Waals surface area contributed by atoms with E-state index in [4.69, 9.17) is 4.42 Å². The molecule has 19 heavy (non-hydrogen) atoms. The Kier molecular flexibility index (Phi) is 3.66. The van der Waals surface area contributed by atoms with Gasteiger partial charge in [0.1, 0.15) is 11.3 Å². The van der Waals surface area contributed by atoms with Gasteiger partial charge in [0.15, 0.2) is 0 Å². The van der Waals surface area contributed by atoms with Gasteiger partial charge in [-0.05, 0) is 37.0 Å². The fraction of sp³-hybridized carbons (Fsp3) is 0.333. The SMILES string of the molecule is C/C=C\c1c(/C=C/C(C)(C)C)oc2cc(C)ccc12. The molecule has 0 aliphatic heterocycles. The Labute approximate surface area is 115 Å². The molecule has 0 bridgehead atoms. The molecule has 1 aromatic heterocycles. The van der Waals surface area contributed by atoms with E-state index in [1.54, 1.807) is 0 Å². The van der Waals surface area contributed by atoms with E-state index in [1.165, 1.54) is 10.9 Å². The number of hydrogen-bond donors (Lipinski definition) is 0. The molecule has 0 aliphatic carbocycles. The highest BCUT2D eigenvalue weighted by atomic mass is 16.3. The molecule has 0 fully saturated rings. The summed E-state index contributed by atoms with van der Waals surface area (Å²) >= 11 is 0. The lowest BCUT2D eigenvalue weighted by Crippen LogP contribution is -1.97. The van der Waals surface area contributed by atoms with Crippen molar-refractivity contribution >= 4 is 23.1 Å². The van der Waals surface area contributed by atoms with E-state index >= 15 is 0 Å². The van der Waals surface area contributed by atoms with Gasteiger partial charge in [0, 0.05) is 10.9 Å². The highest BCUT2D eigenvalue weighted by Crippen LogP contribution is 2.30. The second kappa shape index (κ2) is 5.08. The minimum absolute atomic E-state index is 0.155. The molecule has 1 heterocycles. The van der Waals surface area contributed by atoms with Crippen molar-refractivity contribution in [1.29, 1.82) is 0 Å². The summed E-state index contributed by atoms with van der Waals surface area (Å²) in [5, 5.41) is 1.18. The van der Waals surface area contributed by atoms with Crippen molar-refractivity contribution in [3.05, 3.63) is 47.2 Å². The molecule has 1 heteroatoms. The Bertz CT molecular complexity index is 633. The van der Waals surface area contributed by atoms with Crippen LogP contribution in [0.2, 0.25) is 0 Å². The van der Waals surface area contributed by atoms with Crippen LogP contribution in [0.5, 0.6) is 0 Å². The normalized spacial score (nSPS) is 13.1. The van der Waals surface area contributed by atoms with E-state index in [2.05, 4.69) is 70.2 Å². The van der Waals surface area contributed by atoms with Gasteiger partial charge in [-0.15, -0.1) is 0 Å². The molecule has 0 aliphatic rings. The van der Waals surface area contributed by atoms with Crippen LogP contribution in [0.25, 0.3) is 23.1 Å². The highest BCUT2D eigenvalue weighted by Gasteiger charge is 2.11. The molecular weight excluding hydrogens is 232 g/mol. The Balaban J connectivity index is 2.59. The van der Waals surface area contributed by atoms with Crippen LogP contribution >= 0.6 is 0 Å². The number of benzene rings is 1. The van der Waals surface area contributed by atoms with E-state index in [0.717, 1.165) is 16.9 Å². The second-order valence-electron chi connectivity index (χ2n) is 6.08. The van der Waals surface area contributed by atoms with Gasteiger partial charge in [0.25, 0.3) is 0 Å². The first-order chi connectivity index (χ1) is 8.90. The van der Waals surface area contributed by atoms with Crippen LogP contribution in [0.1, 0.15) is 44.6 Å². The van der Waals surface area contributed by atoms with Gasteiger partial charge in [-0.1, -0.05) is 51.1 Å². The smallest absolute Gasteiger partial charge is 0.135 e. The first kappa shape index (κ1) is 13.7. The topological polar surface area (TPSA) is 13.1 Å². The van der Waals surface area contributed by atoms with Crippen LogP contribution in [-0.2, 0) is 0 Å². The van der Waals surface area contributed by atoms with Crippen molar-refractivity contribution in [3.63, 3.8) is 0 Å². The van der Waals surface area contributed by atoms with Crippen LogP contribution in [0.3, 0.4) is 0 Å². The molecule has 0 N–H and O–H groups in total. The molecule has 2 aromatic rings.